The van der Waals surface area contributed by atoms with E-state index in [1.165, 1.54) is 57.9 Å². The quantitative estimate of drug-likeness (QED) is 0.844. The van der Waals surface area contributed by atoms with E-state index in [9.17, 15) is 0 Å². The highest BCUT2D eigenvalue weighted by atomic mass is 15.2. The zero-order valence-electron chi connectivity index (χ0n) is 13.8. The first-order valence-electron chi connectivity index (χ1n) is 9.10. The van der Waals surface area contributed by atoms with Gasteiger partial charge in [0.25, 0.3) is 0 Å². The molecule has 116 valence electrons. The molecule has 2 heteroatoms. The summed E-state index contributed by atoms with van der Waals surface area (Å²) in [6, 6.07) is 2.46. The molecular weight excluding hydrogens is 244 g/mol. The summed E-state index contributed by atoms with van der Waals surface area (Å²) in [7, 11) is 0. The van der Waals surface area contributed by atoms with Gasteiger partial charge in [-0.3, -0.25) is 4.90 Å². The molecule has 3 aliphatic rings. The number of hydrogen-bond donors (Lipinski definition) is 1. The van der Waals surface area contributed by atoms with Crippen LogP contribution in [0.1, 0.15) is 72.1 Å². The van der Waals surface area contributed by atoms with Crippen molar-refractivity contribution in [2.24, 2.45) is 11.3 Å². The van der Waals surface area contributed by atoms with Gasteiger partial charge in [0, 0.05) is 18.1 Å². The summed E-state index contributed by atoms with van der Waals surface area (Å²) < 4.78 is 0. The second kappa shape index (κ2) is 5.96. The maximum Gasteiger partial charge on any atom is 0.0257 e. The van der Waals surface area contributed by atoms with Crippen LogP contribution in [0.4, 0.5) is 0 Å². The topological polar surface area (TPSA) is 15.3 Å². The zero-order valence-corrected chi connectivity index (χ0v) is 13.8. The minimum absolute atomic E-state index is 0.545. The number of fused-ring (bicyclic) bond motifs is 1. The molecule has 0 aromatic rings. The molecule has 0 aromatic carbocycles. The molecule has 0 amide bonds. The Labute approximate surface area is 125 Å². The lowest BCUT2D eigenvalue weighted by molar-refractivity contribution is 0.0415. The molecule has 0 bridgehead atoms. The largest absolute Gasteiger partial charge is 0.313 e. The zero-order chi connectivity index (χ0) is 14.2. The van der Waals surface area contributed by atoms with E-state index in [4.69, 9.17) is 0 Å². The average molecular weight is 278 g/mol. The first-order valence-corrected chi connectivity index (χ1v) is 9.10. The fraction of sp³-hybridized carbons (Fsp3) is 1.00. The third-order valence-electron chi connectivity index (χ3n) is 6.30. The Morgan fingerprint density at radius 1 is 1.05 bits per heavy atom. The van der Waals surface area contributed by atoms with Crippen LogP contribution in [0.3, 0.4) is 0 Å². The predicted molar refractivity (Wildman–Crippen MR) is 86.0 cm³/mol. The normalized spacial score (nSPS) is 41.5. The highest BCUT2D eigenvalue weighted by Gasteiger charge is 2.44. The molecule has 2 saturated carbocycles. The van der Waals surface area contributed by atoms with Gasteiger partial charge in [0.1, 0.15) is 0 Å². The number of rotatable bonds is 3. The molecule has 0 aromatic heterocycles. The van der Waals surface area contributed by atoms with Gasteiger partial charge in [0.15, 0.2) is 0 Å². The van der Waals surface area contributed by atoms with Crippen LogP contribution in [0, 0.1) is 11.3 Å². The van der Waals surface area contributed by atoms with E-state index in [1.807, 2.05) is 0 Å². The fourth-order valence-electron chi connectivity index (χ4n) is 5.25. The maximum atomic E-state index is 3.80. The van der Waals surface area contributed by atoms with Gasteiger partial charge in [-0.2, -0.15) is 0 Å². The molecule has 4 atom stereocenters. The van der Waals surface area contributed by atoms with Crippen LogP contribution in [0.5, 0.6) is 0 Å². The summed E-state index contributed by atoms with van der Waals surface area (Å²) in [5.74, 6) is 1.02. The van der Waals surface area contributed by atoms with E-state index in [2.05, 4.69) is 31.0 Å². The van der Waals surface area contributed by atoms with Crippen molar-refractivity contribution < 1.29 is 0 Å². The van der Waals surface area contributed by atoms with Crippen LogP contribution in [0.25, 0.3) is 0 Å². The van der Waals surface area contributed by atoms with Crippen LogP contribution in [-0.2, 0) is 0 Å². The van der Waals surface area contributed by atoms with Gasteiger partial charge < -0.3 is 5.32 Å². The summed E-state index contributed by atoms with van der Waals surface area (Å²) in [5.41, 5.74) is 0.545. The molecule has 3 rings (SSSR count). The Morgan fingerprint density at radius 2 is 1.85 bits per heavy atom. The van der Waals surface area contributed by atoms with E-state index < -0.39 is 0 Å². The third kappa shape index (κ3) is 2.92. The van der Waals surface area contributed by atoms with Crippen LogP contribution < -0.4 is 5.32 Å². The van der Waals surface area contributed by atoms with E-state index in [1.54, 1.807) is 0 Å². The minimum Gasteiger partial charge on any atom is -0.313 e. The van der Waals surface area contributed by atoms with E-state index >= 15 is 0 Å². The lowest BCUT2D eigenvalue weighted by atomic mass is 9.72. The van der Waals surface area contributed by atoms with Crippen molar-refractivity contribution >= 4 is 0 Å². The Morgan fingerprint density at radius 3 is 2.65 bits per heavy atom. The second-order valence-corrected chi connectivity index (χ2v) is 8.28. The van der Waals surface area contributed by atoms with Gasteiger partial charge in [0.05, 0.1) is 0 Å². The average Bonchev–Trinajstić information content (AvgIpc) is 2.84. The predicted octanol–water partition coefficient (Wildman–Crippen LogP) is 3.81. The van der Waals surface area contributed by atoms with Crippen molar-refractivity contribution in [3.05, 3.63) is 0 Å². The van der Waals surface area contributed by atoms with Crippen molar-refractivity contribution in [3.8, 4) is 0 Å². The molecule has 2 nitrogen and oxygen atoms in total. The van der Waals surface area contributed by atoms with Crippen LogP contribution >= 0.6 is 0 Å². The standard InChI is InChI=1S/C18H34N2/c1-4-19-15-9-11-18(2,3)13-17(15)20-12-10-14-7-5-6-8-16(14)20/h14-17,19H,4-13H2,1-3H3. The lowest BCUT2D eigenvalue weighted by Crippen LogP contribution is -2.56. The Bertz CT molecular complexity index is 325. The Hall–Kier alpha value is -0.0800. The van der Waals surface area contributed by atoms with Crippen LogP contribution in [-0.4, -0.2) is 36.1 Å². The molecule has 1 saturated heterocycles. The van der Waals surface area contributed by atoms with Gasteiger partial charge in [-0.25, -0.2) is 0 Å². The van der Waals surface area contributed by atoms with Gasteiger partial charge >= 0.3 is 0 Å². The highest BCUT2D eigenvalue weighted by molar-refractivity contribution is 5.00. The van der Waals surface area contributed by atoms with Crippen molar-refractivity contribution in [1.82, 2.24) is 10.2 Å². The second-order valence-electron chi connectivity index (χ2n) is 8.28. The van der Waals surface area contributed by atoms with Gasteiger partial charge in [-0.1, -0.05) is 33.6 Å². The molecule has 1 aliphatic heterocycles. The lowest BCUT2D eigenvalue weighted by Gasteiger charge is -2.48. The van der Waals surface area contributed by atoms with E-state index in [0.717, 1.165) is 30.6 Å². The maximum absolute atomic E-state index is 3.80. The SMILES string of the molecule is CCNC1CCC(C)(C)CC1N1CCC2CCCCC21. The highest BCUT2D eigenvalue weighted by Crippen LogP contribution is 2.43. The van der Waals surface area contributed by atoms with Crippen molar-refractivity contribution in [2.45, 2.75) is 90.3 Å². The number of likely N-dealkylation sites (tertiary alicyclic amines) is 1. The molecule has 4 unspecified atom stereocenters. The number of hydrogen-bond acceptors (Lipinski definition) is 2. The van der Waals surface area contributed by atoms with Gasteiger partial charge in [-0.05, 0) is 62.9 Å². The molecule has 0 radical (unpaired) electrons. The molecule has 1 heterocycles. The van der Waals surface area contributed by atoms with Crippen molar-refractivity contribution in [1.29, 1.82) is 0 Å². The monoisotopic (exact) mass is 278 g/mol. The van der Waals surface area contributed by atoms with Gasteiger partial charge in [0.2, 0.25) is 0 Å². The molecule has 20 heavy (non-hydrogen) atoms. The molecule has 0 spiro atoms. The minimum atomic E-state index is 0.545. The smallest absolute Gasteiger partial charge is 0.0257 e. The number of nitrogens with zero attached hydrogens (tertiary/aromatic N) is 1. The third-order valence-corrected chi connectivity index (χ3v) is 6.30. The number of likely N-dealkylation sites (N-methyl/N-ethyl adjacent to an activating group) is 1. The first kappa shape index (κ1) is 14.8. The Kier molecular flexibility index (Phi) is 4.42. The molecular formula is C18H34N2. The summed E-state index contributed by atoms with van der Waals surface area (Å²) in [6.45, 7) is 9.74. The first-order chi connectivity index (χ1) is 9.61. The van der Waals surface area contributed by atoms with E-state index in [0.29, 0.717) is 5.41 Å². The number of nitrogens with one attached hydrogen (secondary N) is 1. The summed E-state index contributed by atoms with van der Waals surface area (Å²) in [4.78, 5) is 2.94. The van der Waals surface area contributed by atoms with Gasteiger partial charge in [-0.15, -0.1) is 0 Å². The van der Waals surface area contributed by atoms with Crippen LogP contribution in [0.2, 0.25) is 0 Å². The summed E-state index contributed by atoms with van der Waals surface area (Å²) in [5, 5.41) is 3.80. The summed E-state index contributed by atoms with van der Waals surface area (Å²) >= 11 is 0. The van der Waals surface area contributed by atoms with Crippen molar-refractivity contribution in [2.75, 3.05) is 13.1 Å². The molecule has 1 N–H and O–H groups in total. The molecule has 2 aliphatic carbocycles. The fourth-order valence-corrected chi connectivity index (χ4v) is 5.25. The molecule has 3 fully saturated rings. The Balaban J connectivity index is 1.74. The van der Waals surface area contributed by atoms with Crippen LogP contribution in [0.15, 0.2) is 0 Å². The summed E-state index contributed by atoms with van der Waals surface area (Å²) in [6.07, 6.45) is 11.6. The van der Waals surface area contributed by atoms with E-state index in [-0.39, 0.29) is 0 Å². The van der Waals surface area contributed by atoms with Crippen molar-refractivity contribution in [3.63, 3.8) is 0 Å².